The molecule has 0 aliphatic carbocycles. The predicted molar refractivity (Wildman–Crippen MR) is 130 cm³/mol. The van der Waals surface area contributed by atoms with Crippen LogP contribution in [-0.4, -0.2) is 46.3 Å². The molecule has 1 aliphatic rings. The molecule has 2 N–H and O–H groups in total. The fourth-order valence-corrected chi connectivity index (χ4v) is 4.11. The average molecular weight is 431 g/mol. The zero-order valence-corrected chi connectivity index (χ0v) is 19.0. The first-order valence-corrected chi connectivity index (χ1v) is 11.6. The van der Waals surface area contributed by atoms with Crippen LogP contribution in [0.3, 0.4) is 0 Å². The summed E-state index contributed by atoms with van der Waals surface area (Å²) in [7, 11) is 0. The molecule has 0 radical (unpaired) electrons. The molecule has 2 heterocycles. The highest BCUT2D eigenvalue weighted by atomic mass is 15.3. The van der Waals surface area contributed by atoms with Gasteiger partial charge in [0, 0.05) is 44.0 Å². The summed E-state index contributed by atoms with van der Waals surface area (Å²) in [6, 6.07) is 21.6. The van der Waals surface area contributed by atoms with Crippen LogP contribution in [0.4, 0.5) is 0 Å². The molecular formula is C26H34N6. The van der Waals surface area contributed by atoms with Gasteiger partial charge in [0.2, 0.25) is 0 Å². The maximum absolute atomic E-state index is 4.81. The van der Waals surface area contributed by atoms with E-state index < -0.39 is 0 Å². The Morgan fingerprint density at radius 1 is 0.938 bits per heavy atom. The molecule has 1 fully saturated rings. The van der Waals surface area contributed by atoms with E-state index in [0.29, 0.717) is 12.6 Å². The molecule has 6 heteroatoms. The summed E-state index contributed by atoms with van der Waals surface area (Å²) in [4.78, 5) is 7.35. The van der Waals surface area contributed by atoms with Crippen molar-refractivity contribution in [1.82, 2.24) is 25.3 Å². The molecule has 0 amide bonds. The SMILES string of the molecule is CCNC(=NCc1cnn(Cc2ccccc2)c1)NC1CCN(Cc2ccccc2)CC1. The molecule has 0 saturated carbocycles. The number of rotatable bonds is 8. The standard InChI is InChI=1S/C26H34N6/c1-2-27-26(28-17-24-18-29-32(21-24)20-23-11-7-4-8-12-23)30-25-13-15-31(16-14-25)19-22-9-5-3-6-10-22/h3-12,18,21,25H,2,13-17,19-20H2,1H3,(H2,27,28,30). The van der Waals surface area contributed by atoms with Crippen LogP contribution < -0.4 is 10.6 Å². The zero-order chi connectivity index (χ0) is 22.0. The van der Waals surface area contributed by atoms with Gasteiger partial charge in [-0.3, -0.25) is 9.58 Å². The fraction of sp³-hybridized carbons (Fsp3) is 0.385. The maximum atomic E-state index is 4.81. The van der Waals surface area contributed by atoms with Gasteiger partial charge in [-0.2, -0.15) is 5.10 Å². The smallest absolute Gasteiger partial charge is 0.191 e. The second kappa shape index (κ2) is 11.5. The van der Waals surface area contributed by atoms with Crippen molar-refractivity contribution >= 4 is 5.96 Å². The summed E-state index contributed by atoms with van der Waals surface area (Å²) in [5, 5.41) is 11.5. The van der Waals surface area contributed by atoms with Gasteiger partial charge in [-0.1, -0.05) is 60.7 Å². The van der Waals surface area contributed by atoms with Gasteiger partial charge in [-0.05, 0) is 30.9 Å². The van der Waals surface area contributed by atoms with Gasteiger partial charge in [-0.15, -0.1) is 0 Å². The number of guanidine groups is 1. The van der Waals surface area contributed by atoms with Crippen LogP contribution in [0.2, 0.25) is 0 Å². The molecule has 168 valence electrons. The highest BCUT2D eigenvalue weighted by Crippen LogP contribution is 2.14. The summed E-state index contributed by atoms with van der Waals surface area (Å²) in [6.07, 6.45) is 6.26. The van der Waals surface area contributed by atoms with E-state index in [0.717, 1.165) is 57.1 Å². The van der Waals surface area contributed by atoms with Gasteiger partial charge in [0.15, 0.2) is 5.96 Å². The van der Waals surface area contributed by atoms with Crippen molar-refractivity contribution in [2.45, 2.75) is 45.4 Å². The molecule has 2 aromatic carbocycles. The number of nitrogens with zero attached hydrogens (tertiary/aromatic N) is 4. The first kappa shape index (κ1) is 22.1. The van der Waals surface area contributed by atoms with Crippen molar-refractivity contribution in [2.75, 3.05) is 19.6 Å². The third-order valence-corrected chi connectivity index (χ3v) is 5.82. The lowest BCUT2D eigenvalue weighted by Crippen LogP contribution is -2.48. The highest BCUT2D eigenvalue weighted by Gasteiger charge is 2.20. The molecular weight excluding hydrogens is 396 g/mol. The zero-order valence-electron chi connectivity index (χ0n) is 19.0. The minimum Gasteiger partial charge on any atom is -0.357 e. The van der Waals surface area contributed by atoms with E-state index in [9.17, 15) is 0 Å². The molecule has 1 saturated heterocycles. The Kier molecular flexibility index (Phi) is 7.93. The topological polar surface area (TPSA) is 57.5 Å². The van der Waals surface area contributed by atoms with E-state index in [1.54, 1.807) is 0 Å². The Labute approximate surface area is 191 Å². The third kappa shape index (κ3) is 6.69. The van der Waals surface area contributed by atoms with Crippen molar-refractivity contribution in [3.05, 3.63) is 89.7 Å². The monoisotopic (exact) mass is 430 g/mol. The summed E-state index contributed by atoms with van der Waals surface area (Å²) in [6.45, 7) is 7.62. The predicted octanol–water partition coefficient (Wildman–Crippen LogP) is 3.65. The van der Waals surface area contributed by atoms with Gasteiger partial charge < -0.3 is 10.6 Å². The molecule has 6 nitrogen and oxygen atoms in total. The number of likely N-dealkylation sites (tertiary alicyclic amines) is 1. The lowest BCUT2D eigenvalue weighted by atomic mass is 10.0. The van der Waals surface area contributed by atoms with E-state index in [-0.39, 0.29) is 0 Å². The average Bonchev–Trinajstić information content (AvgIpc) is 3.27. The fourth-order valence-electron chi connectivity index (χ4n) is 4.11. The molecule has 0 atom stereocenters. The number of piperidine rings is 1. The molecule has 3 aromatic rings. The van der Waals surface area contributed by atoms with Crippen LogP contribution in [0.25, 0.3) is 0 Å². The molecule has 4 rings (SSSR count). The van der Waals surface area contributed by atoms with E-state index in [4.69, 9.17) is 4.99 Å². The Morgan fingerprint density at radius 2 is 1.59 bits per heavy atom. The first-order chi connectivity index (χ1) is 15.8. The number of nitrogens with one attached hydrogen (secondary N) is 2. The Bertz CT molecular complexity index is 958. The van der Waals surface area contributed by atoms with Gasteiger partial charge in [0.05, 0.1) is 19.3 Å². The maximum Gasteiger partial charge on any atom is 0.191 e. The summed E-state index contributed by atoms with van der Waals surface area (Å²) in [5.41, 5.74) is 3.76. The lowest BCUT2D eigenvalue weighted by molar-refractivity contribution is 0.198. The third-order valence-electron chi connectivity index (χ3n) is 5.82. The second-order valence-electron chi connectivity index (χ2n) is 8.41. The summed E-state index contributed by atoms with van der Waals surface area (Å²) < 4.78 is 1.98. The van der Waals surface area contributed by atoms with E-state index >= 15 is 0 Å². The minimum absolute atomic E-state index is 0.459. The quantitative estimate of drug-likeness (QED) is 0.423. The van der Waals surface area contributed by atoms with Crippen LogP contribution >= 0.6 is 0 Å². The normalized spacial score (nSPS) is 15.6. The number of hydrogen-bond donors (Lipinski definition) is 2. The Balaban J connectivity index is 1.26. The molecule has 1 aliphatic heterocycles. The van der Waals surface area contributed by atoms with E-state index in [2.05, 4.69) is 88.4 Å². The molecule has 1 aromatic heterocycles. The van der Waals surface area contributed by atoms with Crippen molar-refractivity contribution in [2.24, 2.45) is 4.99 Å². The van der Waals surface area contributed by atoms with Crippen LogP contribution in [0.1, 0.15) is 36.5 Å². The molecule has 32 heavy (non-hydrogen) atoms. The molecule has 0 bridgehead atoms. The highest BCUT2D eigenvalue weighted by molar-refractivity contribution is 5.80. The van der Waals surface area contributed by atoms with Crippen molar-refractivity contribution in [3.8, 4) is 0 Å². The van der Waals surface area contributed by atoms with E-state index in [1.165, 1.54) is 11.1 Å². The van der Waals surface area contributed by atoms with Crippen molar-refractivity contribution in [1.29, 1.82) is 0 Å². The van der Waals surface area contributed by atoms with Crippen LogP contribution in [-0.2, 0) is 19.6 Å². The largest absolute Gasteiger partial charge is 0.357 e. The van der Waals surface area contributed by atoms with Gasteiger partial charge >= 0.3 is 0 Å². The Morgan fingerprint density at radius 3 is 2.25 bits per heavy atom. The molecule has 0 spiro atoms. The number of hydrogen-bond acceptors (Lipinski definition) is 3. The lowest BCUT2D eigenvalue weighted by Gasteiger charge is -2.33. The van der Waals surface area contributed by atoms with E-state index in [1.807, 2.05) is 16.9 Å². The minimum atomic E-state index is 0.459. The summed E-state index contributed by atoms with van der Waals surface area (Å²) >= 11 is 0. The number of aliphatic imine (C=N–C) groups is 1. The first-order valence-electron chi connectivity index (χ1n) is 11.6. The number of benzene rings is 2. The van der Waals surface area contributed by atoms with Gasteiger partial charge in [0.1, 0.15) is 0 Å². The van der Waals surface area contributed by atoms with Gasteiger partial charge in [0.25, 0.3) is 0 Å². The summed E-state index contributed by atoms with van der Waals surface area (Å²) in [5.74, 6) is 0.893. The second-order valence-corrected chi connectivity index (χ2v) is 8.41. The number of aromatic nitrogens is 2. The van der Waals surface area contributed by atoms with Crippen LogP contribution in [0, 0.1) is 0 Å². The van der Waals surface area contributed by atoms with Crippen molar-refractivity contribution in [3.63, 3.8) is 0 Å². The van der Waals surface area contributed by atoms with Crippen LogP contribution in [0.15, 0.2) is 78.0 Å². The molecule has 0 unspecified atom stereocenters. The van der Waals surface area contributed by atoms with Crippen molar-refractivity contribution < 1.29 is 0 Å². The Hall–Kier alpha value is -3.12. The van der Waals surface area contributed by atoms with Crippen LogP contribution in [0.5, 0.6) is 0 Å². The van der Waals surface area contributed by atoms with Gasteiger partial charge in [-0.25, -0.2) is 4.99 Å².